The number of anilines is 1. The predicted octanol–water partition coefficient (Wildman–Crippen LogP) is 7.92. The van der Waals surface area contributed by atoms with E-state index in [1.165, 1.54) is 60.8 Å². The summed E-state index contributed by atoms with van der Waals surface area (Å²) in [4.78, 5) is 26.8. The Kier molecular flexibility index (Phi) is 9.29. The van der Waals surface area contributed by atoms with E-state index in [2.05, 4.69) is 15.6 Å². The predicted molar refractivity (Wildman–Crippen MR) is 148 cm³/mol. The number of carboxylic acid groups (broad SMARTS) is 1. The molecule has 13 heteroatoms. The van der Waals surface area contributed by atoms with Crippen LogP contribution in [0.5, 0.6) is 0 Å². The molecule has 1 heterocycles. The van der Waals surface area contributed by atoms with Gasteiger partial charge < -0.3 is 15.7 Å². The maximum Gasteiger partial charge on any atom is 0.417 e. The summed E-state index contributed by atoms with van der Waals surface area (Å²) in [5, 5.41) is 14.3. The number of halogens is 7. The van der Waals surface area contributed by atoms with Gasteiger partial charge >= 0.3 is 18.3 Å². The van der Waals surface area contributed by atoms with E-state index in [1.807, 2.05) is 0 Å². The zero-order chi connectivity index (χ0) is 31.4. The molecule has 4 aromatic rings. The van der Waals surface area contributed by atoms with Gasteiger partial charge in [-0.15, -0.1) is 0 Å². The smallest absolute Gasteiger partial charge is 0.417 e. The largest absolute Gasteiger partial charge is 0.481 e. The van der Waals surface area contributed by atoms with Crippen molar-refractivity contribution in [2.24, 2.45) is 0 Å². The van der Waals surface area contributed by atoms with Crippen LogP contribution < -0.4 is 10.6 Å². The second-order valence-corrected chi connectivity index (χ2v) is 9.76. The fraction of sp³-hybridized carbons (Fsp3) is 0.167. The Labute approximate surface area is 246 Å². The molecule has 0 saturated carbocycles. The van der Waals surface area contributed by atoms with Crippen molar-refractivity contribution in [2.75, 3.05) is 11.9 Å². The van der Waals surface area contributed by atoms with Crippen LogP contribution >= 0.6 is 11.6 Å². The molecule has 0 unspecified atom stereocenters. The Balaban J connectivity index is 1.62. The van der Waals surface area contributed by atoms with E-state index in [4.69, 9.17) is 16.7 Å². The van der Waals surface area contributed by atoms with Crippen LogP contribution in [0, 0.1) is 0 Å². The summed E-state index contributed by atoms with van der Waals surface area (Å²) in [6, 6.07) is 15.2. The van der Waals surface area contributed by atoms with Crippen molar-refractivity contribution in [2.45, 2.75) is 25.3 Å². The van der Waals surface area contributed by atoms with E-state index in [9.17, 15) is 35.9 Å². The molecule has 0 fully saturated rings. The first kappa shape index (κ1) is 31.4. The van der Waals surface area contributed by atoms with E-state index in [0.29, 0.717) is 16.1 Å². The first-order valence-corrected chi connectivity index (χ1v) is 13.0. The third kappa shape index (κ3) is 8.04. The zero-order valence-electron chi connectivity index (χ0n) is 22.0. The number of alkyl halides is 6. The molecular formula is C30H22ClF6N3O3. The molecule has 4 rings (SSSR count). The SMILES string of the molecule is O=C(O)CCNC(=O)c1ccc(-c2cc(C(F)(F)F)ccc2CNc2ccc(-c3ccc(Cl)cc3)c(C(F)(F)F)c2)cn1. The van der Waals surface area contributed by atoms with Crippen molar-refractivity contribution in [3.05, 3.63) is 106 Å². The maximum atomic E-state index is 14.0. The Morgan fingerprint density at radius 1 is 0.814 bits per heavy atom. The standard InChI is InChI=1S/C30H22ClF6N3O3/c31-21-6-2-17(3-7-21)23-9-8-22(14-25(23)30(35,36)37)39-15-18-1-5-20(29(32,33)34)13-24(18)19-4-10-26(40-16-19)28(43)38-12-11-27(41)42/h1-10,13-14,16,39H,11-12,15H2,(H,38,43)(H,41,42). The number of carbonyl (C=O) groups is 2. The summed E-state index contributed by atoms with van der Waals surface area (Å²) in [6.45, 7) is -0.278. The Bertz CT molecular complexity index is 1620. The summed E-state index contributed by atoms with van der Waals surface area (Å²) < 4.78 is 82.5. The van der Waals surface area contributed by atoms with E-state index in [1.54, 1.807) is 0 Å². The van der Waals surface area contributed by atoms with Crippen molar-refractivity contribution in [3.63, 3.8) is 0 Å². The van der Waals surface area contributed by atoms with Gasteiger partial charge in [0.15, 0.2) is 0 Å². The van der Waals surface area contributed by atoms with E-state index in [-0.39, 0.29) is 47.6 Å². The Morgan fingerprint density at radius 3 is 2.12 bits per heavy atom. The molecule has 3 aromatic carbocycles. The summed E-state index contributed by atoms with van der Waals surface area (Å²) >= 11 is 5.86. The molecule has 0 spiro atoms. The van der Waals surface area contributed by atoms with Gasteiger partial charge in [-0.25, -0.2) is 0 Å². The van der Waals surface area contributed by atoms with Gasteiger partial charge in [0.1, 0.15) is 5.69 Å². The van der Waals surface area contributed by atoms with E-state index >= 15 is 0 Å². The number of benzene rings is 3. The maximum absolute atomic E-state index is 14.0. The van der Waals surface area contributed by atoms with Crippen molar-refractivity contribution < 1.29 is 41.0 Å². The highest BCUT2D eigenvalue weighted by Gasteiger charge is 2.34. The minimum absolute atomic E-state index is 0.0666. The molecule has 0 aliphatic carbocycles. The fourth-order valence-corrected chi connectivity index (χ4v) is 4.33. The molecule has 6 nitrogen and oxygen atoms in total. The summed E-state index contributed by atoms with van der Waals surface area (Å²) in [7, 11) is 0. The first-order chi connectivity index (χ1) is 20.2. The molecule has 0 aliphatic heterocycles. The molecule has 1 amide bonds. The van der Waals surface area contributed by atoms with Crippen LogP contribution in [0.1, 0.15) is 33.6 Å². The number of carbonyl (C=O) groups excluding carboxylic acids is 1. The molecule has 0 aliphatic rings. The number of pyridine rings is 1. The Morgan fingerprint density at radius 2 is 1.51 bits per heavy atom. The number of rotatable bonds is 9. The molecule has 3 N–H and O–H groups in total. The normalized spacial score (nSPS) is 11.7. The van der Waals surface area contributed by atoms with Crippen LogP contribution in [0.4, 0.5) is 32.0 Å². The van der Waals surface area contributed by atoms with Crippen molar-refractivity contribution in [1.82, 2.24) is 10.3 Å². The van der Waals surface area contributed by atoms with Gasteiger partial charge in [0.05, 0.1) is 17.5 Å². The van der Waals surface area contributed by atoms with Gasteiger partial charge in [0, 0.05) is 35.6 Å². The second kappa shape index (κ2) is 12.7. The van der Waals surface area contributed by atoms with E-state index in [0.717, 1.165) is 18.2 Å². The van der Waals surface area contributed by atoms with Gasteiger partial charge in [0.25, 0.3) is 5.91 Å². The molecule has 0 atom stereocenters. The lowest BCUT2D eigenvalue weighted by atomic mass is 9.97. The van der Waals surface area contributed by atoms with Crippen LogP contribution in [-0.4, -0.2) is 28.5 Å². The number of nitrogens with one attached hydrogen (secondary N) is 2. The number of nitrogens with zero attached hydrogens (tertiary/aromatic N) is 1. The van der Waals surface area contributed by atoms with Crippen molar-refractivity contribution in [1.29, 1.82) is 0 Å². The fourth-order valence-electron chi connectivity index (χ4n) is 4.20. The highest BCUT2D eigenvalue weighted by Crippen LogP contribution is 2.39. The lowest BCUT2D eigenvalue weighted by Gasteiger charge is -2.18. The third-order valence-electron chi connectivity index (χ3n) is 6.33. The lowest BCUT2D eigenvalue weighted by molar-refractivity contribution is -0.138. The van der Waals surface area contributed by atoms with E-state index < -0.39 is 35.4 Å². The van der Waals surface area contributed by atoms with Gasteiger partial charge in [-0.05, 0) is 64.7 Å². The zero-order valence-corrected chi connectivity index (χ0v) is 22.7. The monoisotopic (exact) mass is 621 g/mol. The van der Waals surface area contributed by atoms with Crippen LogP contribution in [0.25, 0.3) is 22.3 Å². The number of carboxylic acids is 1. The minimum Gasteiger partial charge on any atom is -0.481 e. The van der Waals surface area contributed by atoms with Gasteiger partial charge in [-0.3, -0.25) is 14.6 Å². The molecule has 0 radical (unpaired) electrons. The first-order valence-electron chi connectivity index (χ1n) is 12.6. The van der Waals surface area contributed by atoms with Crippen molar-refractivity contribution >= 4 is 29.2 Å². The molecule has 43 heavy (non-hydrogen) atoms. The van der Waals surface area contributed by atoms with Gasteiger partial charge in [-0.1, -0.05) is 41.9 Å². The Hall–Kier alpha value is -4.58. The lowest BCUT2D eigenvalue weighted by Crippen LogP contribution is -2.26. The van der Waals surface area contributed by atoms with Crippen LogP contribution in [0.2, 0.25) is 5.02 Å². The highest BCUT2D eigenvalue weighted by atomic mass is 35.5. The van der Waals surface area contributed by atoms with Gasteiger partial charge in [0.2, 0.25) is 0 Å². The molecule has 0 saturated heterocycles. The van der Waals surface area contributed by atoms with Crippen LogP contribution in [-0.2, 0) is 23.7 Å². The molecule has 1 aromatic heterocycles. The number of hydrogen-bond donors (Lipinski definition) is 3. The highest BCUT2D eigenvalue weighted by molar-refractivity contribution is 6.30. The summed E-state index contributed by atoms with van der Waals surface area (Å²) in [6.07, 6.45) is -8.48. The number of hydrogen-bond acceptors (Lipinski definition) is 4. The van der Waals surface area contributed by atoms with Gasteiger partial charge in [-0.2, -0.15) is 26.3 Å². The van der Waals surface area contributed by atoms with Crippen LogP contribution in [0.3, 0.4) is 0 Å². The molecule has 224 valence electrons. The quantitative estimate of drug-likeness (QED) is 0.165. The third-order valence-corrected chi connectivity index (χ3v) is 6.58. The average molecular weight is 622 g/mol. The number of amides is 1. The number of aliphatic carboxylic acids is 1. The summed E-state index contributed by atoms with van der Waals surface area (Å²) in [5.74, 6) is -1.78. The molecular weight excluding hydrogens is 600 g/mol. The average Bonchev–Trinajstić information content (AvgIpc) is 2.95. The van der Waals surface area contributed by atoms with Crippen molar-refractivity contribution in [3.8, 4) is 22.3 Å². The van der Waals surface area contributed by atoms with Crippen LogP contribution in [0.15, 0.2) is 79.0 Å². The minimum atomic E-state index is -4.69. The molecule has 0 bridgehead atoms. The second-order valence-electron chi connectivity index (χ2n) is 9.32. The summed E-state index contributed by atoms with van der Waals surface area (Å²) in [5.41, 5.74) is -0.974. The number of aromatic nitrogens is 1. The topological polar surface area (TPSA) is 91.3 Å².